The number of hydrogen-bond acceptors (Lipinski definition) is 3. The molecule has 154 valence electrons. The average Bonchev–Trinajstić information content (AvgIpc) is 2.70. The molecule has 2 N–H and O–H groups in total. The van der Waals surface area contributed by atoms with Gasteiger partial charge in [-0.3, -0.25) is 9.59 Å². The predicted molar refractivity (Wildman–Crippen MR) is 102 cm³/mol. The van der Waals surface area contributed by atoms with E-state index in [1.807, 2.05) is 0 Å². The number of aliphatic hydroxyl groups excluding tert-OH is 1. The van der Waals surface area contributed by atoms with E-state index in [-0.39, 0.29) is 50.5 Å². The third kappa shape index (κ3) is 4.62. The van der Waals surface area contributed by atoms with Crippen LogP contribution in [0.2, 0.25) is 0 Å². The van der Waals surface area contributed by atoms with Crippen molar-refractivity contribution in [3.8, 4) is 0 Å². The molecule has 3 rings (SSSR count). The van der Waals surface area contributed by atoms with Crippen LogP contribution in [0.15, 0.2) is 48.5 Å². The Balaban J connectivity index is 1.74. The largest absolute Gasteiger partial charge is 0.481 e. The van der Waals surface area contributed by atoms with Crippen molar-refractivity contribution in [3.63, 3.8) is 0 Å². The molecule has 0 bridgehead atoms. The maximum atomic E-state index is 13.8. The second-order valence-corrected chi connectivity index (χ2v) is 7.48. The number of hydrogen-bond donors (Lipinski definition) is 2. The van der Waals surface area contributed by atoms with E-state index in [4.69, 9.17) is 0 Å². The van der Waals surface area contributed by atoms with Gasteiger partial charge in [-0.2, -0.15) is 0 Å². The number of piperidine rings is 1. The van der Waals surface area contributed by atoms with E-state index in [9.17, 15) is 28.6 Å². The molecule has 0 radical (unpaired) electrons. The van der Waals surface area contributed by atoms with Crippen molar-refractivity contribution < 1.29 is 28.6 Å². The zero-order chi connectivity index (χ0) is 21.0. The summed E-state index contributed by atoms with van der Waals surface area (Å²) >= 11 is 0. The molecule has 2 atom stereocenters. The van der Waals surface area contributed by atoms with Gasteiger partial charge in [0.2, 0.25) is 5.91 Å². The molecular formula is C22H23F2NO4. The van der Waals surface area contributed by atoms with E-state index in [1.165, 1.54) is 35.2 Å². The summed E-state index contributed by atoms with van der Waals surface area (Å²) in [5, 5.41) is 20.4. The van der Waals surface area contributed by atoms with Gasteiger partial charge in [0.1, 0.15) is 17.0 Å². The fourth-order valence-electron chi connectivity index (χ4n) is 3.82. The standard InChI is InChI=1S/C22H23F2NO4/c23-17-8-5-15(6-9-17)13-22(21(28)29)14-25(12-11-19(22)26)20(27)10-7-16-3-1-2-4-18(16)24/h1-6,8-9,19,26H,7,10-14H2,(H,28,29)/t19-,22-/m1/s1. The zero-order valence-electron chi connectivity index (χ0n) is 15.9. The number of likely N-dealkylation sites (tertiary alicyclic amines) is 1. The highest BCUT2D eigenvalue weighted by atomic mass is 19.1. The number of carbonyl (C=O) groups is 2. The summed E-state index contributed by atoms with van der Waals surface area (Å²) in [6.07, 6.45) is -0.785. The van der Waals surface area contributed by atoms with Crippen molar-refractivity contribution in [1.29, 1.82) is 0 Å². The monoisotopic (exact) mass is 403 g/mol. The van der Waals surface area contributed by atoms with Gasteiger partial charge in [-0.25, -0.2) is 8.78 Å². The number of aliphatic hydroxyl groups is 1. The third-order valence-electron chi connectivity index (χ3n) is 5.56. The molecule has 1 amide bonds. The minimum atomic E-state index is -1.58. The molecule has 0 unspecified atom stereocenters. The second-order valence-electron chi connectivity index (χ2n) is 7.48. The summed E-state index contributed by atoms with van der Waals surface area (Å²) in [7, 11) is 0. The first-order valence-electron chi connectivity index (χ1n) is 9.49. The minimum Gasteiger partial charge on any atom is -0.481 e. The van der Waals surface area contributed by atoms with Gasteiger partial charge in [-0.05, 0) is 48.6 Å². The Morgan fingerprint density at radius 3 is 2.45 bits per heavy atom. The molecule has 1 heterocycles. The van der Waals surface area contributed by atoms with E-state index in [2.05, 4.69) is 0 Å². The Labute approximate surface area is 167 Å². The first-order chi connectivity index (χ1) is 13.8. The van der Waals surface area contributed by atoms with Crippen LogP contribution < -0.4 is 0 Å². The summed E-state index contributed by atoms with van der Waals surface area (Å²) in [5.74, 6) is -2.32. The van der Waals surface area contributed by atoms with Crippen LogP contribution >= 0.6 is 0 Å². The molecule has 2 aromatic rings. The number of carboxylic acids is 1. The summed E-state index contributed by atoms with van der Waals surface area (Å²) in [6, 6.07) is 11.6. The SMILES string of the molecule is O=C(CCc1ccccc1F)N1CC[C@@H](O)[C@](Cc2ccc(F)cc2)(C(=O)O)C1. The highest BCUT2D eigenvalue weighted by molar-refractivity contribution is 5.80. The lowest BCUT2D eigenvalue weighted by Gasteiger charge is -2.43. The van der Waals surface area contributed by atoms with Gasteiger partial charge in [-0.15, -0.1) is 0 Å². The molecule has 7 heteroatoms. The lowest BCUT2D eigenvalue weighted by Crippen LogP contribution is -2.58. The van der Waals surface area contributed by atoms with Crippen LogP contribution in [0.25, 0.3) is 0 Å². The lowest BCUT2D eigenvalue weighted by atomic mass is 9.72. The van der Waals surface area contributed by atoms with Gasteiger partial charge in [0.05, 0.1) is 6.10 Å². The highest BCUT2D eigenvalue weighted by Crippen LogP contribution is 2.35. The van der Waals surface area contributed by atoms with Crippen LogP contribution in [0, 0.1) is 17.0 Å². The number of benzene rings is 2. The number of nitrogens with zero attached hydrogens (tertiary/aromatic N) is 1. The average molecular weight is 403 g/mol. The molecule has 5 nitrogen and oxygen atoms in total. The lowest BCUT2D eigenvalue weighted by molar-refractivity contribution is -0.165. The maximum absolute atomic E-state index is 13.8. The Hall–Kier alpha value is -2.80. The van der Waals surface area contributed by atoms with Gasteiger partial charge >= 0.3 is 5.97 Å². The van der Waals surface area contributed by atoms with Crippen LogP contribution in [0.5, 0.6) is 0 Å². The molecule has 1 aliphatic heterocycles. The second kappa shape index (κ2) is 8.69. The van der Waals surface area contributed by atoms with Crippen LogP contribution in [0.4, 0.5) is 8.78 Å². The van der Waals surface area contributed by atoms with Gasteiger partial charge in [0, 0.05) is 19.5 Å². The molecule has 0 spiro atoms. The molecular weight excluding hydrogens is 380 g/mol. The number of aliphatic carboxylic acids is 1. The molecule has 1 aliphatic rings. The van der Waals surface area contributed by atoms with Crippen LogP contribution in [-0.2, 0) is 22.4 Å². The number of rotatable bonds is 6. The summed E-state index contributed by atoms with van der Waals surface area (Å²) < 4.78 is 26.9. The first-order valence-corrected chi connectivity index (χ1v) is 9.49. The Morgan fingerprint density at radius 1 is 1.10 bits per heavy atom. The number of carbonyl (C=O) groups excluding carboxylic acids is 1. The fourth-order valence-corrected chi connectivity index (χ4v) is 3.82. The molecule has 0 aliphatic carbocycles. The topological polar surface area (TPSA) is 77.8 Å². The molecule has 1 saturated heterocycles. The summed E-state index contributed by atoms with van der Waals surface area (Å²) in [5.41, 5.74) is -0.591. The minimum absolute atomic E-state index is 0.0269. The third-order valence-corrected chi connectivity index (χ3v) is 5.56. The van der Waals surface area contributed by atoms with Gasteiger partial charge in [0.15, 0.2) is 0 Å². The number of halogens is 2. The molecule has 1 fully saturated rings. The summed E-state index contributed by atoms with van der Waals surface area (Å²) in [4.78, 5) is 26.2. The maximum Gasteiger partial charge on any atom is 0.314 e. The number of aryl methyl sites for hydroxylation is 1. The van der Waals surface area contributed by atoms with E-state index < -0.39 is 23.3 Å². The van der Waals surface area contributed by atoms with Crippen molar-refractivity contribution in [2.24, 2.45) is 5.41 Å². The Morgan fingerprint density at radius 2 is 1.79 bits per heavy atom. The van der Waals surface area contributed by atoms with Gasteiger partial charge in [-0.1, -0.05) is 30.3 Å². The Kier molecular flexibility index (Phi) is 6.27. The number of amides is 1. The molecule has 0 saturated carbocycles. The van der Waals surface area contributed by atoms with Crippen LogP contribution in [-0.4, -0.2) is 46.2 Å². The van der Waals surface area contributed by atoms with Crippen molar-refractivity contribution in [1.82, 2.24) is 4.90 Å². The van der Waals surface area contributed by atoms with Gasteiger partial charge < -0.3 is 15.1 Å². The Bertz CT molecular complexity index is 887. The zero-order valence-corrected chi connectivity index (χ0v) is 15.9. The van der Waals surface area contributed by atoms with Crippen LogP contribution in [0.3, 0.4) is 0 Å². The summed E-state index contributed by atoms with van der Waals surface area (Å²) in [6.45, 7) is 0.0761. The highest BCUT2D eigenvalue weighted by Gasteiger charge is 2.50. The molecule has 2 aromatic carbocycles. The number of carboxylic acid groups (broad SMARTS) is 1. The first kappa shape index (κ1) is 20.9. The van der Waals surface area contributed by atoms with E-state index in [0.29, 0.717) is 11.1 Å². The van der Waals surface area contributed by atoms with Gasteiger partial charge in [0.25, 0.3) is 0 Å². The van der Waals surface area contributed by atoms with Crippen molar-refractivity contribution in [3.05, 3.63) is 71.3 Å². The normalized spacial score (nSPS) is 21.8. The van der Waals surface area contributed by atoms with Crippen molar-refractivity contribution in [2.45, 2.75) is 31.8 Å². The van der Waals surface area contributed by atoms with Crippen molar-refractivity contribution >= 4 is 11.9 Å². The fraction of sp³-hybridized carbons (Fsp3) is 0.364. The van der Waals surface area contributed by atoms with Crippen LogP contribution in [0.1, 0.15) is 24.0 Å². The van der Waals surface area contributed by atoms with E-state index >= 15 is 0 Å². The quantitative estimate of drug-likeness (QED) is 0.778. The van der Waals surface area contributed by atoms with E-state index in [1.54, 1.807) is 18.2 Å². The molecule has 0 aromatic heterocycles. The van der Waals surface area contributed by atoms with Crippen molar-refractivity contribution in [2.75, 3.05) is 13.1 Å². The smallest absolute Gasteiger partial charge is 0.314 e. The van der Waals surface area contributed by atoms with E-state index in [0.717, 1.165) is 0 Å². The molecule has 29 heavy (non-hydrogen) atoms. The predicted octanol–water partition coefficient (Wildman–Crippen LogP) is 2.80.